The standard InChI is InChI=1S/C28H51N3O/c1-8-12-27(16-13-23(5)10-3)24(6)14-15-25(7)32-22-26-17-20-31(21-18-26)28(29-11-4)30-19-9-2/h11,15,19,23-24,26-27H,4,8-10,12-14,16-18,20-22H2,1-3,5-7H3/b25-15+,29-28+,30-19-. The van der Waals surface area contributed by atoms with Crippen LogP contribution in [0.25, 0.3) is 0 Å². The van der Waals surface area contributed by atoms with Gasteiger partial charge in [-0.1, -0.05) is 66.9 Å². The van der Waals surface area contributed by atoms with Crippen molar-refractivity contribution in [2.75, 3.05) is 19.7 Å². The molecule has 0 aromatic heterocycles. The minimum atomic E-state index is 0.607. The number of aliphatic imine (C=N–C) groups is 2. The van der Waals surface area contributed by atoms with Crippen LogP contribution in [0.1, 0.15) is 99.3 Å². The summed E-state index contributed by atoms with van der Waals surface area (Å²) >= 11 is 0. The fourth-order valence-electron chi connectivity index (χ4n) is 4.39. The summed E-state index contributed by atoms with van der Waals surface area (Å²) in [5, 5.41) is 0. The van der Waals surface area contributed by atoms with Gasteiger partial charge in [-0.3, -0.25) is 0 Å². The Morgan fingerprint density at radius 1 is 1.12 bits per heavy atom. The largest absolute Gasteiger partial charge is 0.498 e. The van der Waals surface area contributed by atoms with Crippen molar-refractivity contribution in [2.24, 2.45) is 33.7 Å². The van der Waals surface area contributed by atoms with Gasteiger partial charge in [0, 0.05) is 25.5 Å². The number of piperidine rings is 1. The number of allylic oxidation sites excluding steroid dienone is 2. The van der Waals surface area contributed by atoms with Gasteiger partial charge in [-0.05, 0) is 68.8 Å². The summed E-state index contributed by atoms with van der Waals surface area (Å²) in [6, 6.07) is 0. The summed E-state index contributed by atoms with van der Waals surface area (Å²) < 4.78 is 6.16. The first kappa shape index (κ1) is 28.5. The second kappa shape index (κ2) is 17.0. The molecule has 0 spiro atoms. The molecule has 1 fully saturated rings. The Labute approximate surface area is 199 Å². The van der Waals surface area contributed by atoms with Crippen molar-refractivity contribution in [2.45, 2.75) is 99.3 Å². The second-order valence-electron chi connectivity index (χ2n) is 9.74. The van der Waals surface area contributed by atoms with Crippen LogP contribution in [0, 0.1) is 23.7 Å². The van der Waals surface area contributed by atoms with Gasteiger partial charge in [0.25, 0.3) is 0 Å². The number of likely N-dealkylation sites (tertiary alicyclic amines) is 1. The first-order chi connectivity index (χ1) is 15.4. The van der Waals surface area contributed by atoms with Crippen molar-refractivity contribution < 1.29 is 4.74 Å². The van der Waals surface area contributed by atoms with Gasteiger partial charge in [0.2, 0.25) is 5.96 Å². The highest BCUT2D eigenvalue weighted by atomic mass is 16.5. The zero-order valence-electron chi connectivity index (χ0n) is 22.0. The van der Waals surface area contributed by atoms with Gasteiger partial charge in [-0.25, -0.2) is 9.98 Å². The van der Waals surface area contributed by atoms with E-state index in [0.717, 1.165) is 74.9 Å². The van der Waals surface area contributed by atoms with E-state index in [2.05, 4.69) is 69.1 Å². The Kier molecular flexibility index (Phi) is 15.1. The molecule has 0 radical (unpaired) electrons. The zero-order chi connectivity index (χ0) is 23.8. The van der Waals surface area contributed by atoms with Crippen LogP contribution in [0.2, 0.25) is 0 Å². The molecule has 1 aliphatic heterocycles. The highest BCUT2D eigenvalue weighted by Crippen LogP contribution is 2.28. The molecular formula is C28H51N3O. The third kappa shape index (κ3) is 11.3. The molecule has 4 nitrogen and oxygen atoms in total. The van der Waals surface area contributed by atoms with Crippen LogP contribution in [0.5, 0.6) is 0 Å². The van der Waals surface area contributed by atoms with Crippen LogP contribution in [0.3, 0.4) is 0 Å². The van der Waals surface area contributed by atoms with Crippen molar-refractivity contribution in [1.82, 2.24) is 4.90 Å². The van der Waals surface area contributed by atoms with Crippen LogP contribution < -0.4 is 0 Å². The highest BCUT2D eigenvalue weighted by molar-refractivity contribution is 5.88. The third-order valence-corrected chi connectivity index (χ3v) is 7.01. The Balaban J connectivity index is 2.43. The average Bonchev–Trinajstić information content (AvgIpc) is 2.81. The topological polar surface area (TPSA) is 37.2 Å². The fourth-order valence-corrected chi connectivity index (χ4v) is 4.39. The van der Waals surface area contributed by atoms with E-state index in [1.165, 1.54) is 32.1 Å². The predicted molar refractivity (Wildman–Crippen MR) is 141 cm³/mol. The fraction of sp³-hybridized carbons (Fsp3) is 0.786. The van der Waals surface area contributed by atoms with E-state index in [4.69, 9.17) is 4.74 Å². The van der Waals surface area contributed by atoms with Gasteiger partial charge < -0.3 is 9.64 Å². The molecule has 0 aromatic rings. The van der Waals surface area contributed by atoms with Gasteiger partial charge >= 0.3 is 0 Å². The molecule has 1 aliphatic rings. The van der Waals surface area contributed by atoms with Crippen LogP contribution in [0.15, 0.2) is 34.6 Å². The summed E-state index contributed by atoms with van der Waals surface area (Å²) in [6.45, 7) is 20.2. The predicted octanol–water partition coefficient (Wildman–Crippen LogP) is 7.87. The summed E-state index contributed by atoms with van der Waals surface area (Å²) in [6.07, 6.45) is 16.8. The SMILES string of the molecule is C=C/N=C(\N=C/CC)N1CCC(CO/C(C)=C/CC(C)C(CCC)CCC(C)CC)CC1. The van der Waals surface area contributed by atoms with Gasteiger partial charge in [0.15, 0.2) is 0 Å². The smallest absolute Gasteiger partial charge is 0.224 e. The molecule has 1 saturated heterocycles. The van der Waals surface area contributed by atoms with Gasteiger partial charge in [-0.15, -0.1) is 0 Å². The normalized spacial score (nSPS) is 19.2. The Bertz CT molecular complexity index is 587. The summed E-state index contributed by atoms with van der Waals surface area (Å²) in [5.41, 5.74) is 0. The molecule has 0 aromatic carbocycles. The number of rotatable bonds is 14. The van der Waals surface area contributed by atoms with Crippen molar-refractivity contribution in [3.8, 4) is 0 Å². The zero-order valence-corrected chi connectivity index (χ0v) is 22.0. The molecule has 3 atom stereocenters. The molecule has 0 aliphatic carbocycles. The lowest BCUT2D eigenvalue weighted by atomic mass is 9.82. The molecule has 0 amide bonds. The van der Waals surface area contributed by atoms with Crippen LogP contribution in [-0.2, 0) is 4.74 Å². The van der Waals surface area contributed by atoms with E-state index < -0.39 is 0 Å². The molecule has 0 bridgehead atoms. The summed E-state index contributed by atoms with van der Waals surface area (Å²) in [4.78, 5) is 11.1. The molecule has 3 unspecified atom stereocenters. The lowest BCUT2D eigenvalue weighted by molar-refractivity contribution is 0.128. The maximum atomic E-state index is 6.16. The first-order valence-electron chi connectivity index (χ1n) is 13.2. The Morgan fingerprint density at radius 2 is 1.84 bits per heavy atom. The van der Waals surface area contributed by atoms with Crippen LogP contribution in [-0.4, -0.2) is 36.8 Å². The number of guanidine groups is 1. The molecule has 0 saturated carbocycles. The van der Waals surface area contributed by atoms with Gasteiger partial charge in [-0.2, -0.15) is 0 Å². The quantitative estimate of drug-likeness (QED) is 0.155. The van der Waals surface area contributed by atoms with E-state index in [-0.39, 0.29) is 0 Å². The average molecular weight is 446 g/mol. The summed E-state index contributed by atoms with van der Waals surface area (Å²) in [7, 11) is 0. The molecule has 4 heteroatoms. The number of ether oxygens (including phenoxy) is 1. The van der Waals surface area contributed by atoms with Gasteiger partial charge in [0.05, 0.1) is 12.4 Å². The van der Waals surface area contributed by atoms with E-state index in [1.807, 2.05) is 6.21 Å². The Hall–Kier alpha value is -1.58. The van der Waals surface area contributed by atoms with Crippen LogP contribution in [0.4, 0.5) is 0 Å². The van der Waals surface area contributed by atoms with E-state index >= 15 is 0 Å². The van der Waals surface area contributed by atoms with E-state index in [0.29, 0.717) is 5.92 Å². The maximum absolute atomic E-state index is 6.16. The Morgan fingerprint density at radius 3 is 2.44 bits per heavy atom. The molecule has 0 N–H and O–H groups in total. The molecule has 184 valence electrons. The molecular weight excluding hydrogens is 394 g/mol. The van der Waals surface area contributed by atoms with Crippen LogP contribution >= 0.6 is 0 Å². The minimum Gasteiger partial charge on any atom is -0.498 e. The maximum Gasteiger partial charge on any atom is 0.224 e. The lowest BCUT2D eigenvalue weighted by Crippen LogP contribution is -2.38. The third-order valence-electron chi connectivity index (χ3n) is 7.01. The number of hydrogen-bond donors (Lipinski definition) is 0. The van der Waals surface area contributed by atoms with E-state index in [9.17, 15) is 0 Å². The summed E-state index contributed by atoms with van der Waals surface area (Å²) in [5.74, 6) is 4.91. The van der Waals surface area contributed by atoms with Crippen molar-refractivity contribution in [3.05, 3.63) is 24.6 Å². The second-order valence-corrected chi connectivity index (χ2v) is 9.74. The minimum absolute atomic E-state index is 0.607. The van der Waals surface area contributed by atoms with Crippen molar-refractivity contribution in [3.63, 3.8) is 0 Å². The molecule has 1 heterocycles. The van der Waals surface area contributed by atoms with Gasteiger partial charge in [0.1, 0.15) is 0 Å². The van der Waals surface area contributed by atoms with E-state index in [1.54, 1.807) is 6.20 Å². The molecule has 1 rings (SSSR count). The highest BCUT2D eigenvalue weighted by Gasteiger charge is 2.22. The first-order valence-corrected chi connectivity index (χ1v) is 13.2. The lowest BCUT2D eigenvalue weighted by Gasteiger charge is -2.32. The monoisotopic (exact) mass is 445 g/mol. The molecule has 32 heavy (non-hydrogen) atoms. The number of nitrogens with zero attached hydrogens (tertiary/aromatic N) is 3. The van der Waals surface area contributed by atoms with Crippen molar-refractivity contribution in [1.29, 1.82) is 0 Å². The number of hydrogen-bond acceptors (Lipinski definition) is 2. The van der Waals surface area contributed by atoms with Crippen molar-refractivity contribution >= 4 is 12.2 Å².